The van der Waals surface area contributed by atoms with Crippen LogP contribution in [0.15, 0.2) is 40.9 Å². The fourth-order valence-electron chi connectivity index (χ4n) is 1.86. The second-order valence-corrected chi connectivity index (χ2v) is 6.22. The van der Waals surface area contributed by atoms with E-state index in [1.54, 1.807) is 31.3 Å². The van der Waals surface area contributed by atoms with E-state index in [-0.39, 0.29) is 23.0 Å². The summed E-state index contributed by atoms with van der Waals surface area (Å²) in [5, 5.41) is 0.629. The summed E-state index contributed by atoms with van der Waals surface area (Å²) < 4.78 is 14.5. The van der Waals surface area contributed by atoms with Gasteiger partial charge in [-0.25, -0.2) is 4.39 Å². The van der Waals surface area contributed by atoms with Gasteiger partial charge in [-0.2, -0.15) is 0 Å². The van der Waals surface area contributed by atoms with Crippen LogP contribution in [0.4, 0.5) is 4.39 Å². The molecule has 0 saturated heterocycles. The van der Waals surface area contributed by atoms with E-state index in [4.69, 9.17) is 23.2 Å². The van der Waals surface area contributed by atoms with Gasteiger partial charge in [0, 0.05) is 28.7 Å². The molecular weight excluding hydrogens is 380 g/mol. The van der Waals surface area contributed by atoms with Crippen LogP contribution in [-0.4, -0.2) is 17.9 Å². The molecule has 0 heterocycles. The van der Waals surface area contributed by atoms with Crippen molar-refractivity contribution in [2.24, 2.45) is 0 Å². The largest absolute Gasteiger partial charge is 0.337 e. The third-order valence-corrected chi connectivity index (χ3v) is 4.14. The Labute approximate surface area is 140 Å². The molecule has 0 saturated carbocycles. The van der Waals surface area contributed by atoms with Gasteiger partial charge in [-0.1, -0.05) is 45.2 Å². The van der Waals surface area contributed by atoms with Crippen LogP contribution >= 0.6 is 39.1 Å². The fourth-order valence-corrected chi connectivity index (χ4v) is 2.64. The topological polar surface area (TPSA) is 20.3 Å². The lowest BCUT2D eigenvalue weighted by atomic mass is 10.1. The number of nitrogens with zero attached hydrogens (tertiary/aromatic N) is 1. The maximum absolute atomic E-state index is 13.8. The number of carbonyl (C=O) groups is 1. The first-order valence-corrected chi connectivity index (χ1v) is 7.58. The molecule has 0 fully saturated rings. The quantitative estimate of drug-likeness (QED) is 0.708. The van der Waals surface area contributed by atoms with E-state index in [1.165, 1.54) is 17.0 Å². The minimum Gasteiger partial charge on any atom is -0.337 e. The molecule has 2 aromatic rings. The third kappa shape index (κ3) is 3.76. The second-order valence-electron chi connectivity index (χ2n) is 4.49. The predicted molar refractivity (Wildman–Crippen MR) is 86.4 cm³/mol. The van der Waals surface area contributed by atoms with Gasteiger partial charge < -0.3 is 4.90 Å². The summed E-state index contributed by atoms with van der Waals surface area (Å²) >= 11 is 15.3. The normalized spacial score (nSPS) is 10.5. The molecule has 2 nitrogen and oxygen atoms in total. The monoisotopic (exact) mass is 389 g/mol. The summed E-state index contributed by atoms with van der Waals surface area (Å²) in [5.41, 5.74) is 0.627. The fraction of sp³-hybridized carbons (Fsp3) is 0.133. The third-order valence-electron chi connectivity index (χ3n) is 2.96. The standard InChI is InChI=1S/C15H11BrCl2FNO/c1-20(8-11-12(17)3-2-4-14(11)19)15(21)10-7-9(16)5-6-13(10)18/h2-7H,8H2,1H3. The maximum Gasteiger partial charge on any atom is 0.255 e. The molecule has 2 rings (SSSR count). The first kappa shape index (κ1) is 16.3. The van der Waals surface area contributed by atoms with Gasteiger partial charge in [-0.05, 0) is 30.3 Å². The average Bonchev–Trinajstić information content (AvgIpc) is 2.44. The summed E-state index contributed by atoms with van der Waals surface area (Å²) in [4.78, 5) is 13.8. The van der Waals surface area contributed by atoms with E-state index < -0.39 is 5.82 Å². The molecule has 1 amide bonds. The number of hydrogen-bond acceptors (Lipinski definition) is 1. The van der Waals surface area contributed by atoms with Crippen molar-refractivity contribution in [2.75, 3.05) is 7.05 Å². The minimum absolute atomic E-state index is 0.0627. The van der Waals surface area contributed by atoms with Crippen molar-refractivity contribution in [3.63, 3.8) is 0 Å². The molecule has 0 aromatic heterocycles. The van der Waals surface area contributed by atoms with Gasteiger partial charge in [0.2, 0.25) is 0 Å². The highest BCUT2D eigenvalue weighted by molar-refractivity contribution is 9.10. The van der Waals surface area contributed by atoms with Gasteiger partial charge in [-0.3, -0.25) is 4.79 Å². The number of amides is 1. The van der Waals surface area contributed by atoms with Crippen LogP contribution in [-0.2, 0) is 6.54 Å². The van der Waals surface area contributed by atoms with Crippen molar-refractivity contribution in [1.82, 2.24) is 4.90 Å². The van der Waals surface area contributed by atoms with Crippen molar-refractivity contribution >= 4 is 45.0 Å². The van der Waals surface area contributed by atoms with E-state index in [1.807, 2.05) is 0 Å². The smallest absolute Gasteiger partial charge is 0.255 e. The molecule has 0 unspecified atom stereocenters. The molecule has 2 aromatic carbocycles. The van der Waals surface area contributed by atoms with E-state index in [9.17, 15) is 9.18 Å². The highest BCUT2D eigenvalue weighted by Crippen LogP contribution is 2.24. The number of carbonyl (C=O) groups excluding carboxylic acids is 1. The van der Waals surface area contributed by atoms with Gasteiger partial charge >= 0.3 is 0 Å². The van der Waals surface area contributed by atoms with Crippen LogP contribution in [0, 0.1) is 5.82 Å². The number of halogens is 4. The molecule has 21 heavy (non-hydrogen) atoms. The Kier molecular flexibility index (Phi) is 5.25. The van der Waals surface area contributed by atoms with Crippen molar-refractivity contribution in [3.8, 4) is 0 Å². The molecule has 0 aliphatic heterocycles. The molecule has 0 spiro atoms. The minimum atomic E-state index is -0.442. The summed E-state index contributed by atoms with van der Waals surface area (Å²) in [6.07, 6.45) is 0. The molecule has 0 aliphatic carbocycles. The van der Waals surface area contributed by atoms with Crippen molar-refractivity contribution in [2.45, 2.75) is 6.54 Å². The summed E-state index contributed by atoms with van der Waals surface area (Å²) in [6, 6.07) is 9.42. The second kappa shape index (κ2) is 6.77. The molecule has 0 aliphatic rings. The van der Waals surface area contributed by atoms with Crippen LogP contribution in [0.5, 0.6) is 0 Å². The molecular formula is C15H11BrCl2FNO. The van der Waals surface area contributed by atoms with Gasteiger partial charge in [0.1, 0.15) is 5.82 Å². The Balaban J connectivity index is 2.26. The average molecular weight is 391 g/mol. The van der Waals surface area contributed by atoms with Crippen LogP contribution < -0.4 is 0 Å². The van der Waals surface area contributed by atoms with Crippen LogP contribution in [0.3, 0.4) is 0 Å². The lowest BCUT2D eigenvalue weighted by molar-refractivity contribution is 0.0784. The Hall–Kier alpha value is -1.10. The lowest BCUT2D eigenvalue weighted by Gasteiger charge is -2.19. The zero-order valence-electron chi connectivity index (χ0n) is 11.0. The first-order valence-electron chi connectivity index (χ1n) is 6.03. The van der Waals surface area contributed by atoms with Crippen molar-refractivity contribution in [3.05, 3.63) is 67.9 Å². The molecule has 0 radical (unpaired) electrons. The van der Waals surface area contributed by atoms with Gasteiger partial charge in [-0.15, -0.1) is 0 Å². The lowest BCUT2D eigenvalue weighted by Crippen LogP contribution is -2.27. The van der Waals surface area contributed by atoms with Gasteiger partial charge in [0.05, 0.1) is 10.6 Å². The van der Waals surface area contributed by atoms with Gasteiger partial charge in [0.15, 0.2) is 0 Å². The van der Waals surface area contributed by atoms with E-state index in [0.29, 0.717) is 10.6 Å². The Bertz CT molecular complexity index is 673. The Morgan fingerprint density at radius 3 is 2.62 bits per heavy atom. The first-order chi connectivity index (χ1) is 9.90. The zero-order valence-corrected chi connectivity index (χ0v) is 14.1. The van der Waals surface area contributed by atoms with E-state index in [2.05, 4.69) is 15.9 Å². The van der Waals surface area contributed by atoms with Crippen LogP contribution in [0.1, 0.15) is 15.9 Å². The van der Waals surface area contributed by atoms with Crippen LogP contribution in [0.25, 0.3) is 0 Å². The molecule has 0 bridgehead atoms. The van der Waals surface area contributed by atoms with E-state index >= 15 is 0 Å². The van der Waals surface area contributed by atoms with Crippen molar-refractivity contribution in [1.29, 1.82) is 0 Å². The highest BCUT2D eigenvalue weighted by Gasteiger charge is 2.18. The summed E-state index contributed by atoms with van der Waals surface area (Å²) in [6.45, 7) is 0.0627. The summed E-state index contributed by atoms with van der Waals surface area (Å²) in [7, 11) is 1.57. The number of benzene rings is 2. The molecule has 6 heteroatoms. The molecule has 110 valence electrons. The summed E-state index contributed by atoms with van der Waals surface area (Å²) in [5.74, 6) is -0.747. The van der Waals surface area contributed by atoms with E-state index in [0.717, 1.165) is 4.47 Å². The number of hydrogen-bond donors (Lipinski definition) is 0. The molecule has 0 N–H and O–H groups in total. The number of rotatable bonds is 3. The predicted octanol–water partition coefficient (Wildman–Crippen LogP) is 5.17. The van der Waals surface area contributed by atoms with Crippen LogP contribution in [0.2, 0.25) is 10.0 Å². The molecule has 0 atom stereocenters. The Morgan fingerprint density at radius 2 is 1.95 bits per heavy atom. The van der Waals surface area contributed by atoms with Gasteiger partial charge in [0.25, 0.3) is 5.91 Å². The SMILES string of the molecule is CN(Cc1c(F)cccc1Cl)C(=O)c1cc(Br)ccc1Cl. The van der Waals surface area contributed by atoms with Crippen molar-refractivity contribution < 1.29 is 9.18 Å². The zero-order chi connectivity index (χ0) is 15.6. The highest BCUT2D eigenvalue weighted by atomic mass is 79.9. The Morgan fingerprint density at radius 1 is 1.24 bits per heavy atom. The maximum atomic E-state index is 13.8.